The fourth-order valence-electron chi connectivity index (χ4n) is 1.72. The van der Waals surface area contributed by atoms with Crippen molar-refractivity contribution in [2.75, 3.05) is 6.61 Å². The minimum absolute atomic E-state index is 0.334. The first kappa shape index (κ1) is 8.35. The fraction of sp³-hybridized carbons (Fsp3) is 0.300. The van der Waals surface area contributed by atoms with Crippen molar-refractivity contribution in [3.63, 3.8) is 0 Å². The summed E-state index contributed by atoms with van der Waals surface area (Å²) in [5.74, 6) is 0. The van der Waals surface area contributed by atoms with E-state index >= 15 is 0 Å². The highest BCUT2D eigenvalue weighted by Crippen LogP contribution is 2.25. The summed E-state index contributed by atoms with van der Waals surface area (Å²) in [6, 6.07) is 6.74. The van der Waals surface area contributed by atoms with Gasteiger partial charge in [0.2, 0.25) is 0 Å². The van der Waals surface area contributed by atoms with Crippen LogP contribution in [-0.4, -0.2) is 11.6 Å². The van der Waals surface area contributed by atoms with Crippen molar-refractivity contribution in [1.29, 1.82) is 0 Å². The van der Waals surface area contributed by atoms with Crippen LogP contribution in [0.1, 0.15) is 18.0 Å². The smallest absolute Gasteiger partial charge is 0.0815 e. The van der Waals surface area contributed by atoms with Crippen LogP contribution in [0.4, 0.5) is 0 Å². The van der Waals surface area contributed by atoms with Gasteiger partial charge in [0.15, 0.2) is 0 Å². The molecule has 4 heteroatoms. The fourth-order valence-corrected chi connectivity index (χ4v) is 2.38. The van der Waals surface area contributed by atoms with E-state index in [2.05, 4.69) is 28.7 Å². The lowest BCUT2D eigenvalue weighted by Crippen LogP contribution is -2.10. The average molecular weight is 206 g/mol. The number of fused-ring (bicyclic) bond motifs is 1. The molecule has 1 saturated heterocycles. The summed E-state index contributed by atoms with van der Waals surface area (Å²) in [6.07, 6.45) is 1.04. The van der Waals surface area contributed by atoms with Gasteiger partial charge in [-0.25, -0.2) is 4.98 Å². The molecule has 1 aliphatic rings. The summed E-state index contributed by atoms with van der Waals surface area (Å²) >= 11 is 1.68. The Morgan fingerprint density at radius 1 is 1.50 bits per heavy atom. The molecule has 0 aliphatic carbocycles. The van der Waals surface area contributed by atoms with Gasteiger partial charge in [-0.05, 0) is 24.1 Å². The standard InChI is InChI=1S/C10H10N2OS/c1-2-10-9(11-6-14-10)5-7(1)8-3-4-13-12-8/h1-2,5-6,8,12H,3-4H2. The van der Waals surface area contributed by atoms with E-state index in [1.54, 1.807) is 11.3 Å². The molecule has 1 atom stereocenters. The minimum Gasteiger partial charge on any atom is -0.301 e. The van der Waals surface area contributed by atoms with Crippen molar-refractivity contribution >= 4 is 21.6 Å². The molecule has 1 unspecified atom stereocenters. The Kier molecular flexibility index (Phi) is 1.97. The van der Waals surface area contributed by atoms with Gasteiger partial charge in [0, 0.05) is 0 Å². The van der Waals surface area contributed by atoms with Crippen LogP contribution < -0.4 is 5.48 Å². The Bertz CT molecular complexity index is 448. The average Bonchev–Trinajstić information content (AvgIpc) is 2.88. The zero-order chi connectivity index (χ0) is 9.38. The molecule has 72 valence electrons. The number of hydroxylamine groups is 1. The highest BCUT2D eigenvalue weighted by atomic mass is 32.1. The summed E-state index contributed by atoms with van der Waals surface area (Å²) in [5.41, 5.74) is 7.24. The molecule has 0 bridgehead atoms. The molecular formula is C10H10N2OS. The lowest BCUT2D eigenvalue weighted by atomic mass is 10.1. The largest absolute Gasteiger partial charge is 0.301 e. The number of rotatable bonds is 1. The van der Waals surface area contributed by atoms with Crippen LogP contribution in [0, 0.1) is 0 Å². The number of nitrogens with zero attached hydrogens (tertiary/aromatic N) is 1. The van der Waals surface area contributed by atoms with E-state index in [-0.39, 0.29) is 0 Å². The maximum absolute atomic E-state index is 5.14. The molecule has 0 radical (unpaired) electrons. The monoisotopic (exact) mass is 206 g/mol. The second kappa shape index (κ2) is 3.31. The highest BCUT2D eigenvalue weighted by Gasteiger charge is 2.17. The van der Waals surface area contributed by atoms with Gasteiger partial charge in [-0.15, -0.1) is 11.3 Å². The summed E-state index contributed by atoms with van der Waals surface area (Å²) in [5, 5.41) is 0. The van der Waals surface area contributed by atoms with Gasteiger partial charge in [-0.3, -0.25) is 0 Å². The lowest BCUT2D eigenvalue weighted by molar-refractivity contribution is 0.0883. The maximum Gasteiger partial charge on any atom is 0.0815 e. The van der Waals surface area contributed by atoms with Crippen molar-refractivity contribution < 1.29 is 4.84 Å². The van der Waals surface area contributed by atoms with E-state index in [0.717, 1.165) is 18.5 Å². The predicted molar refractivity (Wildman–Crippen MR) is 56.1 cm³/mol. The Labute approximate surface area is 85.7 Å². The normalized spacial score (nSPS) is 21.9. The first-order valence-electron chi connectivity index (χ1n) is 4.64. The van der Waals surface area contributed by atoms with Gasteiger partial charge in [0.1, 0.15) is 0 Å². The molecule has 1 N–H and O–H groups in total. The summed E-state index contributed by atoms with van der Waals surface area (Å²) in [4.78, 5) is 9.44. The quantitative estimate of drug-likeness (QED) is 0.777. The Morgan fingerprint density at radius 3 is 3.36 bits per heavy atom. The number of thiazole rings is 1. The molecule has 0 saturated carbocycles. The maximum atomic E-state index is 5.14. The SMILES string of the molecule is c1nc2cc(C3CCON3)ccc2s1. The molecule has 2 aromatic rings. The van der Waals surface area contributed by atoms with Crippen LogP contribution in [0.3, 0.4) is 0 Å². The first-order chi connectivity index (χ1) is 6.93. The van der Waals surface area contributed by atoms with E-state index in [9.17, 15) is 0 Å². The van der Waals surface area contributed by atoms with Crippen LogP contribution in [-0.2, 0) is 4.84 Å². The number of hydrogen-bond acceptors (Lipinski definition) is 4. The molecule has 1 aromatic carbocycles. The number of benzene rings is 1. The van der Waals surface area contributed by atoms with E-state index in [0.29, 0.717) is 6.04 Å². The third-order valence-electron chi connectivity index (χ3n) is 2.49. The van der Waals surface area contributed by atoms with Gasteiger partial charge in [-0.2, -0.15) is 5.48 Å². The Hall–Kier alpha value is -0.970. The Morgan fingerprint density at radius 2 is 2.50 bits per heavy atom. The third kappa shape index (κ3) is 1.32. The zero-order valence-corrected chi connectivity index (χ0v) is 8.38. The summed E-state index contributed by atoms with van der Waals surface area (Å²) < 4.78 is 1.24. The second-order valence-corrected chi connectivity index (χ2v) is 4.27. The van der Waals surface area contributed by atoms with E-state index < -0.39 is 0 Å². The van der Waals surface area contributed by atoms with Crippen molar-refractivity contribution in [2.45, 2.75) is 12.5 Å². The topological polar surface area (TPSA) is 34.1 Å². The van der Waals surface area contributed by atoms with Crippen molar-refractivity contribution in [3.05, 3.63) is 29.3 Å². The van der Waals surface area contributed by atoms with Crippen molar-refractivity contribution in [1.82, 2.24) is 10.5 Å². The number of nitrogens with one attached hydrogen (secondary N) is 1. The second-order valence-electron chi connectivity index (χ2n) is 3.39. The van der Waals surface area contributed by atoms with Crippen molar-refractivity contribution in [3.8, 4) is 0 Å². The van der Waals surface area contributed by atoms with Crippen LogP contribution >= 0.6 is 11.3 Å². The van der Waals surface area contributed by atoms with E-state index in [1.165, 1.54) is 10.3 Å². The molecular weight excluding hydrogens is 196 g/mol. The molecule has 1 aromatic heterocycles. The van der Waals surface area contributed by atoms with E-state index in [4.69, 9.17) is 4.84 Å². The zero-order valence-electron chi connectivity index (χ0n) is 7.56. The molecule has 3 rings (SSSR count). The van der Waals surface area contributed by atoms with Gasteiger partial charge >= 0.3 is 0 Å². The summed E-state index contributed by atoms with van der Waals surface area (Å²) in [6.45, 7) is 0.791. The van der Waals surface area contributed by atoms with Crippen LogP contribution in [0.25, 0.3) is 10.2 Å². The van der Waals surface area contributed by atoms with Gasteiger partial charge < -0.3 is 4.84 Å². The lowest BCUT2D eigenvalue weighted by Gasteiger charge is -2.07. The van der Waals surface area contributed by atoms with Gasteiger partial charge in [0.05, 0.1) is 28.4 Å². The third-order valence-corrected chi connectivity index (χ3v) is 3.30. The Balaban J connectivity index is 2.04. The van der Waals surface area contributed by atoms with Gasteiger partial charge in [-0.1, -0.05) is 6.07 Å². The predicted octanol–water partition coefficient (Wildman–Crippen LogP) is 2.26. The van der Waals surface area contributed by atoms with Crippen LogP contribution in [0.2, 0.25) is 0 Å². The van der Waals surface area contributed by atoms with Crippen LogP contribution in [0.15, 0.2) is 23.7 Å². The molecule has 0 amide bonds. The molecule has 1 fully saturated rings. The molecule has 3 nitrogen and oxygen atoms in total. The van der Waals surface area contributed by atoms with Gasteiger partial charge in [0.25, 0.3) is 0 Å². The molecule has 1 aliphatic heterocycles. The number of hydrogen-bond donors (Lipinski definition) is 1. The summed E-state index contributed by atoms with van der Waals surface area (Å²) in [7, 11) is 0. The van der Waals surface area contributed by atoms with E-state index in [1.807, 2.05) is 5.51 Å². The van der Waals surface area contributed by atoms with Crippen molar-refractivity contribution in [2.24, 2.45) is 0 Å². The minimum atomic E-state index is 0.334. The number of aromatic nitrogens is 1. The first-order valence-corrected chi connectivity index (χ1v) is 5.52. The highest BCUT2D eigenvalue weighted by molar-refractivity contribution is 7.16. The molecule has 0 spiro atoms. The molecule has 2 heterocycles. The van der Waals surface area contributed by atoms with Crippen LogP contribution in [0.5, 0.6) is 0 Å². The molecule has 14 heavy (non-hydrogen) atoms.